The molecule has 0 aromatic heterocycles. The van der Waals surface area contributed by atoms with E-state index in [9.17, 15) is 14.7 Å². The van der Waals surface area contributed by atoms with Gasteiger partial charge in [0, 0.05) is 5.56 Å². The Morgan fingerprint density at radius 3 is 2.29 bits per heavy atom. The number of carbonyl (C=O) groups is 2. The Morgan fingerprint density at radius 2 is 1.55 bits per heavy atom. The normalized spacial score (nSPS) is 22.7. The van der Waals surface area contributed by atoms with Crippen molar-refractivity contribution in [2.24, 2.45) is 5.92 Å². The van der Waals surface area contributed by atoms with E-state index in [4.69, 9.17) is 9.57 Å². The van der Waals surface area contributed by atoms with Crippen molar-refractivity contribution in [3.8, 4) is 11.5 Å². The Bertz CT molecular complexity index is 1150. The maximum Gasteiger partial charge on any atom is 0.266 e. The van der Waals surface area contributed by atoms with Gasteiger partial charge in [0.25, 0.3) is 5.91 Å². The fourth-order valence-corrected chi connectivity index (χ4v) is 4.32. The molecule has 156 valence electrons. The number of benzene rings is 3. The van der Waals surface area contributed by atoms with E-state index >= 15 is 0 Å². The zero-order chi connectivity index (χ0) is 21.5. The minimum Gasteiger partial charge on any atom is -0.508 e. The zero-order valence-corrected chi connectivity index (χ0v) is 16.7. The summed E-state index contributed by atoms with van der Waals surface area (Å²) in [5.41, 5.74) is 1.58. The number of phenolic OH excluding ortho intramolecular Hbond substituents is 1. The number of hydroxylamine groups is 1. The third-order valence-corrected chi connectivity index (χ3v) is 5.71. The highest BCUT2D eigenvalue weighted by Gasteiger charge is 2.61. The number of imide groups is 1. The lowest BCUT2D eigenvalue weighted by molar-refractivity contribution is -0.126. The molecule has 3 aromatic carbocycles. The van der Waals surface area contributed by atoms with Gasteiger partial charge in [0.2, 0.25) is 5.91 Å². The Kier molecular flexibility index (Phi) is 4.60. The SMILES string of the molecule is COc1ccccc1N1C(=O)[C@H]2[C@@H](ON(c3ccccc3)[C@H]2c2ccccc2O)C1=O. The van der Waals surface area contributed by atoms with Crippen molar-refractivity contribution in [1.29, 1.82) is 0 Å². The first kappa shape index (κ1) is 19.1. The lowest BCUT2D eigenvalue weighted by Crippen LogP contribution is -2.37. The summed E-state index contributed by atoms with van der Waals surface area (Å²) in [6, 6.07) is 22.2. The minimum absolute atomic E-state index is 0.0358. The number of ether oxygens (including phenoxy) is 1. The van der Waals surface area contributed by atoms with Gasteiger partial charge in [0.05, 0.1) is 24.5 Å². The van der Waals surface area contributed by atoms with Crippen LogP contribution in [-0.4, -0.2) is 30.1 Å². The molecule has 0 radical (unpaired) electrons. The molecular weight excluding hydrogens is 396 g/mol. The van der Waals surface area contributed by atoms with E-state index in [-0.39, 0.29) is 5.75 Å². The molecule has 0 saturated carbocycles. The first-order valence-electron chi connectivity index (χ1n) is 9.91. The van der Waals surface area contributed by atoms with E-state index in [1.165, 1.54) is 7.11 Å². The van der Waals surface area contributed by atoms with Crippen LogP contribution in [0.4, 0.5) is 11.4 Å². The molecule has 2 fully saturated rings. The molecule has 2 saturated heterocycles. The molecule has 2 aliphatic heterocycles. The van der Waals surface area contributed by atoms with E-state index in [2.05, 4.69) is 0 Å². The number of amides is 2. The van der Waals surface area contributed by atoms with E-state index < -0.39 is 29.9 Å². The van der Waals surface area contributed by atoms with Crippen LogP contribution in [0.2, 0.25) is 0 Å². The molecule has 31 heavy (non-hydrogen) atoms. The molecule has 3 aromatic rings. The molecule has 0 aliphatic carbocycles. The van der Waals surface area contributed by atoms with Crippen LogP contribution >= 0.6 is 0 Å². The lowest BCUT2D eigenvalue weighted by Gasteiger charge is -2.29. The van der Waals surface area contributed by atoms with Crippen molar-refractivity contribution in [2.75, 3.05) is 17.1 Å². The number of methoxy groups -OCH3 is 1. The fourth-order valence-electron chi connectivity index (χ4n) is 4.32. The van der Waals surface area contributed by atoms with Crippen LogP contribution in [0.3, 0.4) is 0 Å². The summed E-state index contributed by atoms with van der Waals surface area (Å²) in [6.07, 6.45) is -1.01. The Hall–Kier alpha value is -3.84. The highest BCUT2D eigenvalue weighted by molar-refractivity contribution is 6.24. The zero-order valence-electron chi connectivity index (χ0n) is 16.7. The molecule has 2 aliphatic rings. The number of hydrogen-bond acceptors (Lipinski definition) is 6. The van der Waals surface area contributed by atoms with E-state index in [0.29, 0.717) is 22.7 Å². The third-order valence-electron chi connectivity index (χ3n) is 5.71. The van der Waals surface area contributed by atoms with Gasteiger partial charge >= 0.3 is 0 Å². The number of nitrogens with zero attached hydrogens (tertiary/aromatic N) is 2. The van der Waals surface area contributed by atoms with Gasteiger partial charge in [-0.15, -0.1) is 0 Å². The van der Waals surface area contributed by atoms with Crippen molar-refractivity contribution in [3.05, 3.63) is 84.4 Å². The molecule has 7 heteroatoms. The van der Waals surface area contributed by atoms with Crippen molar-refractivity contribution < 1.29 is 24.3 Å². The summed E-state index contributed by atoms with van der Waals surface area (Å²) in [7, 11) is 1.49. The maximum atomic E-state index is 13.6. The van der Waals surface area contributed by atoms with E-state index in [0.717, 1.165) is 4.90 Å². The van der Waals surface area contributed by atoms with Gasteiger partial charge in [0.15, 0.2) is 6.10 Å². The molecule has 3 atom stereocenters. The number of phenols is 1. The van der Waals surface area contributed by atoms with Crippen LogP contribution in [0, 0.1) is 5.92 Å². The third kappa shape index (κ3) is 2.93. The van der Waals surface area contributed by atoms with Crippen LogP contribution < -0.4 is 14.7 Å². The Labute approximate surface area is 179 Å². The molecule has 1 N–H and O–H groups in total. The maximum absolute atomic E-state index is 13.6. The van der Waals surface area contributed by atoms with Gasteiger partial charge in [0.1, 0.15) is 17.4 Å². The number of hydrogen-bond donors (Lipinski definition) is 1. The predicted molar refractivity (Wildman–Crippen MR) is 114 cm³/mol. The van der Waals surface area contributed by atoms with Gasteiger partial charge in [-0.05, 0) is 30.3 Å². The summed E-state index contributed by atoms with van der Waals surface area (Å²) < 4.78 is 5.36. The molecule has 0 unspecified atom stereocenters. The fraction of sp³-hybridized carbons (Fsp3) is 0.167. The molecule has 0 spiro atoms. The average Bonchev–Trinajstić information content (AvgIpc) is 3.31. The van der Waals surface area contributed by atoms with Gasteiger partial charge < -0.3 is 9.84 Å². The van der Waals surface area contributed by atoms with Crippen LogP contribution in [0.15, 0.2) is 78.9 Å². The second kappa shape index (κ2) is 7.45. The number of rotatable bonds is 4. The highest BCUT2D eigenvalue weighted by Crippen LogP contribution is 2.50. The van der Waals surface area contributed by atoms with Gasteiger partial charge in [-0.25, -0.2) is 9.96 Å². The Balaban J connectivity index is 1.62. The summed E-state index contributed by atoms with van der Waals surface area (Å²) in [5, 5.41) is 12.1. The topological polar surface area (TPSA) is 79.3 Å². The first-order chi connectivity index (χ1) is 15.1. The van der Waals surface area contributed by atoms with Crippen molar-refractivity contribution in [2.45, 2.75) is 12.1 Å². The van der Waals surface area contributed by atoms with Gasteiger partial charge in [-0.2, -0.15) is 0 Å². The highest BCUT2D eigenvalue weighted by atomic mass is 16.7. The number of fused-ring (bicyclic) bond motifs is 1. The summed E-state index contributed by atoms with van der Waals surface area (Å²) in [4.78, 5) is 34.1. The molecule has 5 rings (SSSR count). The Morgan fingerprint density at radius 1 is 0.871 bits per heavy atom. The molecule has 2 heterocycles. The van der Waals surface area contributed by atoms with Crippen molar-refractivity contribution in [1.82, 2.24) is 0 Å². The average molecular weight is 416 g/mol. The van der Waals surface area contributed by atoms with Crippen molar-refractivity contribution in [3.63, 3.8) is 0 Å². The number of carbonyl (C=O) groups excluding carboxylic acids is 2. The predicted octanol–water partition coefficient (Wildman–Crippen LogP) is 3.45. The molecule has 0 bridgehead atoms. The molecule has 7 nitrogen and oxygen atoms in total. The lowest BCUT2D eigenvalue weighted by atomic mass is 9.90. The van der Waals surface area contributed by atoms with Crippen LogP contribution in [0.25, 0.3) is 0 Å². The molecular formula is C24H20N2O5. The standard InChI is InChI=1S/C24H20N2O5/c1-30-19-14-8-6-12-17(19)25-23(28)20-21(16-11-5-7-13-18(16)27)26(31-22(20)24(25)29)15-9-3-2-4-10-15/h2-14,20-22,27H,1H3/t20-,21+,22-/m1/s1. The smallest absolute Gasteiger partial charge is 0.266 e. The van der Waals surface area contributed by atoms with E-state index in [1.807, 2.05) is 30.3 Å². The quantitative estimate of drug-likeness (QED) is 0.657. The van der Waals surface area contributed by atoms with E-state index in [1.54, 1.807) is 53.6 Å². The summed E-state index contributed by atoms with van der Waals surface area (Å²) >= 11 is 0. The summed E-state index contributed by atoms with van der Waals surface area (Å²) in [5.74, 6) is -1.23. The largest absolute Gasteiger partial charge is 0.508 e. The number of anilines is 2. The summed E-state index contributed by atoms with van der Waals surface area (Å²) in [6.45, 7) is 0. The minimum atomic E-state index is -1.01. The van der Waals surface area contributed by atoms with Crippen molar-refractivity contribution >= 4 is 23.2 Å². The van der Waals surface area contributed by atoms with Gasteiger partial charge in [-0.1, -0.05) is 48.5 Å². The monoisotopic (exact) mass is 416 g/mol. The number of para-hydroxylation sites is 4. The van der Waals surface area contributed by atoms with Crippen LogP contribution in [-0.2, 0) is 14.4 Å². The second-order valence-corrected chi connectivity index (χ2v) is 7.40. The molecule has 2 amide bonds. The van der Waals surface area contributed by atoms with Gasteiger partial charge in [-0.3, -0.25) is 14.4 Å². The second-order valence-electron chi connectivity index (χ2n) is 7.40. The van der Waals surface area contributed by atoms with Crippen LogP contribution in [0.5, 0.6) is 11.5 Å². The number of aromatic hydroxyl groups is 1. The van der Waals surface area contributed by atoms with Crippen LogP contribution in [0.1, 0.15) is 11.6 Å². The first-order valence-corrected chi connectivity index (χ1v) is 9.91.